The summed E-state index contributed by atoms with van der Waals surface area (Å²) in [6, 6.07) is 5.41. The zero-order valence-electron chi connectivity index (χ0n) is 13.0. The van der Waals surface area contributed by atoms with E-state index >= 15 is 0 Å². The molecule has 0 atom stereocenters. The Kier molecular flexibility index (Phi) is 5.12. The number of hydrogen-bond acceptors (Lipinski definition) is 7. The monoisotopic (exact) mass is 331 g/mol. The van der Waals surface area contributed by atoms with Crippen molar-refractivity contribution in [3.8, 4) is 0 Å². The molecular weight excluding hydrogens is 314 g/mol. The topological polar surface area (TPSA) is 110 Å². The van der Waals surface area contributed by atoms with Gasteiger partial charge in [-0.25, -0.2) is 0 Å². The summed E-state index contributed by atoms with van der Waals surface area (Å²) in [5, 5.41) is 6.32. The number of hydrogen-bond donors (Lipinski definition) is 1. The van der Waals surface area contributed by atoms with Crippen LogP contribution in [0, 0.1) is 0 Å². The van der Waals surface area contributed by atoms with Gasteiger partial charge < -0.3 is 19.5 Å². The second-order valence-electron chi connectivity index (χ2n) is 5.19. The molecule has 9 heteroatoms. The van der Waals surface area contributed by atoms with Crippen LogP contribution in [0.2, 0.25) is 0 Å². The molecule has 0 saturated carbocycles. The van der Waals surface area contributed by atoms with Crippen molar-refractivity contribution >= 4 is 11.8 Å². The molecule has 2 aromatic heterocycles. The van der Waals surface area contributed by atoms with Gasteiger partial charge in [-0.1, -0.05) is 11.2 Å². The van der Waals surface area contributed by atoms with Gasteiger partial charge in [0, 0.05) is 19.3 Å². The number of aromatic nitrogens is 3. The van der Waals surface area contributed by atoms with E-state index in [0.29, 0.717) is 32.0 Å². The van der Waals surface area contributed by atoms with Crippen LogP contribution in [-0.4, -0.2) is 58.1 Å². The molecule has 1 aliphatic rings. The van der Waals surface area contributed by atoms with Gasteiger partial charge in [-0.2, -0.15) is 4.98 Å². The summed E-state index contributed by atoms with van der Waals surface area (Å²) < 4.78 is 10.1. The SMILES string of the molecule is O=C(NCc1ccccn1)c1nc(CC(=O)N2CCOCC2)no1. The number of carbonyl (C=O) groups is 2. The summed E-state index contributed by atoms with van der Waals surface area (Å²) in [6.45, 7) is 2.41. The molecule has 2 aromatic rings. The van der Waals surface area contributed by atoms with Crippen molar-refractivity contribution in [2.45, 2.75) is 13.0 Å². The highest BCUT2D eigenvalue weighted by Gasteiger charge is 2.21. The first-order valence-electron chi connectivity index (χ1n) is 7.58. The Morgan fingerprint density at radius 2 is 2.08 bits per heavy atom. The maximum absolute atomic E-state index is 12.1. The first kappa shape index (κ1) is 16.1. The minimum atomic E-state index is -0.502. The van der Waals surface area contributed by atoms with E-state index in [0.717, 1.165) is 0 Å². The molecule has 0 spiro atoms. The predicted octanol–water partition coefficient (Wildman–Crippen LogP) is -0.204. The van der Waals surface area contributed by atoms with Gasteiger partial charge in [-0.3, -0.25) is 14.6 Å². The third-order valence-corrected chi connectivity index (χ3v) is 3.49. The zero-order valence-corrected chi connectivity index (χ0v) is 13.0. The molecule has 1 N–H and O–H groups in total. The molecular formula is C15H17N5O4. The van der Waals surface area contributed by atoms with Crippen LogP contribution in [0.5, 0.6) is 0 Å². The molecule has 9 nitrogen and oxygen atoms in total. The number of carbonyl (C=O) groups excluding carboxylic acids is 2. The fourth-order valence-electron chi connectivity index (χ4n) is 2.23. The summed E-state index contributed by atoms with van der Waals surface area (Å²) in [4.78, 5) is 33.8. The number of morpholine rings is 1. The van der Waals surface area contributed by atoms with Crippen LogP contribution in [0.25, 0.3) is 0 Å². The van der Waals surface area contributed by atoms with Crippen LogP contribution in [0.3, 0.4) is 0 Å². The fourth-order valence-corrected chi connectivity index (χ4v) is 2.23. The Morgan fingerprint density at radius 3 is 2.83 bits per heavy atom. The molecule has 24 heavy (non-hydrogen) atoms. The van der Waals surface area contributed by atoms with Crippen LogP contribution in [-0.2, 0) is 22.5 Å². The Labute approximate surface area is 138 Å². The van der Waals surface area contributed by atoms with E-state index in [1.54, 1.807) is 23.2 Å². The summed E-state index contributed by atoms with van der Waals surface area (Å²) in [5.41, 5.74) is 0.716. The normalized spacial score (nSPS) is 14.4. The first-order valence-corrected chi connectivity index (χ1v) is 7.58. The molecule has 0 radical (unpaired) electrons. The molecule has 0 bridgehead atoms. The van der Waals surface area contributed by atoms with Crippen molar-refractivity contribution < 1.29 is 18.8 Å². The quantitative estimate of drug-likeness (QED) is 0.807. The number of amides is 2. The van der Waals surface area contributed by atoms with Gasteiger partial charge in [-0.15, -0.1) is 0 Å². The molecule has 1 aliphatic heterocycles. The molecule has 3 rings (SSSR count). The second kappa shape index (κ2) is 7.64. The largest absolute Gasteiger partial charge is 0.378 e. The molecule has 126 valence electrons. The van der Waals surface area contributed by atoms with Crippen molar-refractivity contribution in [2.75, 3.05) is 26.3 Å². The zero-order chi connectivity index (χ0) is 16.8. The molecule has 1 fully saturated rings. The van der Waals surface area contributed by atoms with Crippen LogP contribution in [0.4, 0.5) is 0 Å². The average Bonchev–Trinajstić information content (AvgIpc) is 3.10. The number of pyridine rings is 1. The van der Waals surface area contributed by atoms with Crippen LogP contribution in [0.15, 0.2) is 28.9 Å². The van der Waals surface area contributed by atoms with Crippen molar-refractivity contribution in [1.82, 2.24) is 25.3 Å². The van der Waals surface area contributed by atoms with E-state index < -0.39 is 5.91 Å². The first-order chi connectivity index (χ1) is 11.7. The number of nitrogens with one attached hydrogen (secondary N) is 1. The summed E-state index contributed by atoms with van der Waals surface area (Å²) >= 11 is 0. The summed E-state index contributed by atoms with van der Waals surface area (Å²) in [5.74, 6) is -0.594. The number of nitrogens with zero attached hydrogens (tertiary/aromatic N) is 4. The standard InChI is InChI=1S/C15H17N5O4/c21-13(20-5-7-23-8-6-20)9-12-18-15(24-19-12)14(22)17-10-11-3-1-2-4-16-11/h1-4H,5-10H2,(H,17,22). The Bertz CT molecular complexity index is 697. The third-order valence-electron chi connectivity index (χ3n) is 3.49. The number of ether oxygens (including phenoxy) is 1. The van der Waals surface area contributed by atoms with Gasteiger partial charge >= 0.3 is 11.8 Å². The molecule has 1 saturated heterocycles. The predicted molar refractivity (Wildman–Crippen MR) is 80.8 cm³/mol. The van der Waals surface area contributed by atoms with Crippen LogP contribution in [0.1, 0.15) is 22.2 Å². The highest BCUT2D eigenvalue weighted by atomic mass is 16.5. The molecule has 3 heterocycles. The van der Waals surface area contributed by atoms with E-state index in [-0.39, 0.29) is 30.6 Å². The van der Waals surface area contributed by atoms with Gasteiger partial charge in [0.15, 0.2) is 5.82 Å². The third kappa shape index (κ3) is 4.13. The lowest BCUT2D eigenvalue weighted by molar-refractivity contribution is -0.134. The van der Waals surface area contributed by atoms with Gasteiger partial charge in [0.1, 0.15) is 0 Å². The van der Waals surface area contributed by atoms with Gasteiger partial charge in [0.25, 0.3) is 0 Å². The molecule has 0 unspecified atom stereocenters. The Hall–Kier alpha value is -2.81. The number of rotatable bonds is 5. The molecule has 2 amide bonds. The lowest BCUT2D eigenvalue weighted by Crippen LogP contribution is -2.41. The van der Waals surface area contributed by atoms with E-state index in [1.807, 2.05) is 6.07 Å². The highest BCUT2D eigenvalue weighted by molar-refractivity contribution is 5.89. The van der Waals surface area contributed by atoms with Crippen molar-refractivity contribution in [3.05, 3.63) is 41.8 Å². The van der Waals surface area contributed by atoms with E-state index in [2.05, 4.69) is 20.4 Å². The smallest absolute Gasteiger partial charge is 0.315 e. The summed E-state index contributed by atoms with van der Waals surface area (Å²) in [6.07, 6.45) is 1.64. The minimum Gasteiger partial charge on any atom is -0.378 e. The van der Waals surface area contributed by atoms with Crippen molar-refractivity contribution in [3.63, 3.8) is 0 Å². The molecule has 0 aromatic carbocycles. The van der Waals surface area contributed by atoms with Gasteiger partial charge in [-0.05, 0) is 12.1 Å². The van der Waals surface area contributed by atoms with Crippen LogP contribution < -0.4 is 5.32 Å². The fraction of sp³-hybridized carbons (Fsp3) is 0.400. The lowest BCUT2D eigenvalue weighted by Gasteiger charge is -2.26. The van der Waals surface area contributed by atoms with Gasteiger partial charge in [0.05, 0.1) is 31.9 Å². The molecule has 0 aliphatic carbocycles. The average molecular weight is 331 g/mol. The summed E-state index contributed by atoms with van der Waals surface area (Å²) in [7, 11) is 0. The maximum Gasteiger partial charge on any atom is 0.315 e. The van der Waals surface area contributed by atoms with Gasteiger partial charge in [0.2, 0.25) is 5.91 Å². The van der Waals surface area contributed by atoms with Crippen molar-refractivity contribution in [2.24, 2.45) is 0 Å². The Morgan fingerprint density at radius 1 is 1.25 bits per heavy atom. The maximum atomic E-state index is 12.1. The minimum absolute atomic E-state index is 0.00296. The van der Waals surface area contributed by atoms with E-state index in [1.165, 1.54) is 0 Å². The Balaban J connectivity index is 1.52. The lowest BCUT2D eigenvalue weighted by atomic mass is 10.3. The van der Waals surface area contributed by atoms with E-state index in [9.17, 15) is 9.59 Å². The second-order valence-corrected chi connectivity index (χ2v) is 5.19. The van der Waals surface area contributed by atoms with Crippen molar-refractivity contribution in [1.29, 1.82) is 0 Å². The van der Waals surface area contributed by atoms with Crippen LogP contribution >= 0.6 is 0 Å². The highest BCUT2D eigenvalue weighted by Crippen LogP contribution is 2.04. The van der Waals surface area contributed by atoms with E-state index in [4.69, 9.17) is 9.26 Å².